The van der Waals surface area contributed by atoms with Crippen LogP contribution in [0, 0.1) is 10.8 Å². The van der Waals surface area contributed by atoms with Crippen LogP contribution in [0.3, 0.4) is 0 Å². The fourth-order valence-corrected chi connectivity index (χ4v) is 6.09. The number of rotatable bonds is 0. The summed E-state index contributed by atoms with van der Waals surface area (Å²) < 4.78 is 2.43. The summed E-state index contributed by atoms with van der Waals surface area (Å²) in [6, 6.07) is 0. The summed E-state index contributed by atoms with van der Waals surface area (Å²) in [4.78, 5) is 2.39. The van der Waals surface area contributed by atoms with E-state index in [1.54, 1.807) is 0 Å². The number of piperidine rings is 1. The first-order valence-corrected chi connectivity index (χ1v) is 6.61. The molecule has 0 aromatic rings. The Bertz CT molecular complexity index is 326. The maximum atomic E-state index is 10.6. The molecule has 3 fully saturated rings. The van der Waals surface area contributed by atoms with E-state index < -0.39 is 0 Å². The fraction of sp³-hybridized carbons (Fsp3) is 1.00. The highest BCUT2D eigenvalue weighted by Gasteiger charge is 2.75. The van der Waals surface area contributed by atoms with Crippen molar-refractivity contribution < 1.29 is 5.11 Å². The normalized spacial score (nSPS) is 60.2. The summed E-state index contributed by atoms with van der Waals surface area (Å²) in [5.74, 6) is 0. The van der Waals surface area contributed by atoms with E-state index >= 15 is 0 Å². The van der Waals surface area contributed by atoms with Crippen molar-refractivity contribution in [3.05, 3.63) is 0 Å². The van der Waals surface area contributed by atoms with Crippen LogP contribution in [0.25, 0.3) is 0 Å². The third-order valence-corrected chi connectivity index (χ3v) is 6.38. The number of aliphatic hydroxyl groups excluding tert-OH is 1. The van der Waals surface area contributed by atoms with Gasteiger partial charge in [-0.25, -0.2) is 3.11 Å². The fourth-order valence-electron chi connectivity index (χ4n) is 4.51. The van der Waals surface area contributed by atoms with Gasteiger partial charge >= 0.3 is 0 Å². The molecule has 0 radical (unpaired) electrons. The van der Waals surface area contributed by atoms with E-state index in [1.165, 1.54) is 0 Å². The number of hydrogen-bond donors (Lipinski definition) is 1. The number of hydrogen-bond acceptors (Lipinski definition) is 3. The minimum atomic E-state index is -0.138. The molecule has 4 atom stereocenters. The quantitative estimate of drug-likeness (QED) is 0.535. The smallest absolute Gasteiger partial charge is 0.0691 e. The zero-order valence-electron chi connectivity index (χ0n) is 9.63. The monoisotopic (exact) mass is 322 g/mol. The van der Waals surface area contributed by atoms with Gasteiger partial charge < -0.3 is 10.0 Å². The second-order valence-electron chi connectivity index (χ2n) is 6.37. The Hall–Kier alpha value is 0.610. The van der Waals surface area contributed by atoms with Crippen molar-refractivity contribution in [1.82, 2.24) is 8.01 Å². The molecule has 2 saturated heterocycles. The van der Waals surface area contributed by atoms with Gasteiger partial charge in [-0.05, 0) is 13.5 Å². The maximum Gasteiger partial charge on any atom is 0.0691 e. The average Bonchev–Trinajstić information content (AvgIpc) is 2.22. The molecule has 2 bridgehead atoms. The number of nitrogens with zero attached hydrogens (tertiary/aromatic N) is 2. The summed E-state index contributed by atoms with van der Waals surface area (Å²) >= 11 is 2.44. The molecule has 1 N–H and O–H groups in total. The molecule has 4 unspecified atom stereocenters. The van der Waals surface area contributed by atoms with Gasteiger partial charge in [-0.15, -0.1) is 0 Å². The van der Waals surface area contributed by atoms with Crippen LogP contribution >= 0.6 is 22.9 Å². The number of likely N-dealkylation sites (N-methyl/N-ethyl adjacent to an activating group) is 1. The number of halogens is 1. The van der Waals surface area contributed by atoms with Crippen LogP contribution in [-0.4, -0.2) is 51.4 Å². The van der Waals surface area contributed by atoms with Crippen molar-refractivity contribution >= 4 is 22.9 Å². The molecule has 15 heavy (non-hydrogen) atoms. The van der Waals surface area contributed by atoms with E-state index in [-0.39, 0.29) is 22.5 Å². The largest absolute Gasteiger partial charge is 0.392 e. The molecule has 0 aromatic heterocycles. The molecular formula is C11H19IN2O. The molecule has 0 amide bonds. The Morgan fingerprint density at radius 1 is 1.27 bits per heavy atom. The van der Waals surface area contributed by atoms with Crippen LogP contribution < -0.4 is 0 Å². The molecule has 3 aliphatic rings. The van der Waals surface area contributed by atoms with Crippen LogP contribution in [0.5, 0.6) is 0 Å². The van der Waals surface area contributed by atoms with E-state index in [0.717, 1.165) is 26.1 Å². The molecule has 1 aliphatic carbocycles. The second-order valence-corrected chi connectivity index (χ2v) is 7.54. The molecule has 3 rings (SSSR count). The van der Waals surface area contributed by atoms with Crippen LogP contribution in [0.1, 0.15) is 20.3 Å². The highest BCUT2D eigenvalue weighted by molar-refractivity contribution is 14.1. The zero-order valence-corrected chi connectivity index (χ0v) is 11.8. The molecule has 86 valence electrons. The first-order chi connectivity index (χ1) is 6.84. The number of likely N-dealkylation sites (tertiary alicyclic amines) is 1. The standard InChI is InChI=1S/C11H19IN2O/c1-9-4-11(7-13(3)5-9)10(2,8(9)15)6-14(11)12/h8,15H,4-7H2,1-3H3. The van der Waals surface area contributed by atoms with Crippen molar-refractivity contribution in [3.63, 3.8) is 0 Å². The van der Waals surface area contributed by atoms with Gasteiger partial charge in [0.1, 0.15) is 0 Å². The first-order valence-electron chi connectivity index (χ1n) is 5.64. The van der Waals surface area contributed by atoms with Crippen LogP contribution in [0.4, 0.5) is 0 Å². The highest BCUT2D eigenvalue weighted by Crippen LogP contribution is 2.67. The summed E-state index contributed by atoms with van der Waals surface area (Å²) in [5, 5.41) is 10.6. The second kappa shape index (κ2) is 2.71. The topological polar surface area (TPSA) is 26.7 Å². The van der Waals surface area contributed by atoms with Crippen LogP contribution in [-0.2, 0) is 0 Å². The van der Waals surface area contributed by atoms with E-state index in [0.29, 0.717) is 0 Å². The number of aliphatic hydroxyl groups is 1. The SMILES string of the molecule is CN1CC2(C)CC3(C1)N(I)CC3(C)C2O. The number of fused-ring (bicyclic) bond motifs is 1. The van der Waals surface area contributed by atoms with Gasteiger partial charge in [0, 0.05) is 53.3 Å². The summed E-state index contributed by atoms with van der Waals surface area (Å²) in [5.41, 5.74) is 0.449. The van der Waals surface area contributed by atoms with E-state index in [1.807, 2.05) is 0 Å². The minimum absolute atomic E-state index is 0.0989. The lowest BCUT2D eigenvalue weighted by atomic mass is 9.65. The predicted octanol–water partition coefficient (Wildman–Crippen LogP) is 1.11. The van der Waals surface area contributed by atoms with Gasteiger partial charge in [0.25, 0.3) is 0 Å². The lowest BCUT2D eigenvalue weighted by molar-refractivity contribution is -0.106. The van der Waals surface area contributed by atoms with Gasteiger partial charge in [0.05, 0.1) is 11.6 Å². The minimum Gasteiger partial charge on any atom is -0.392 e. The van der Waals surface area contributed by atoms with Crippen molar-refractivity contribution in [1.29, 1.82) is 0 Å². The predicted molar refractivity (Wildman–Crippen MR) is 67.8 cm³/mol. The third kappa shape index (κ3) is 0.983. The van der Waals surface area contributed by atoms with Crippen molar-refractivity contribution in [2.24, 2.45) is 10.8 Å². The van der Waals surface area contributed by atoms with E-state index in [4.69, 9.17) is 0 Å². The summed E-state index contributed by atoms with van der Waals surface area (Å²) in [6.45, 7) is 7.72. The van der Waals surface area contributed by atoms with E-state index in [9.17, 15) is 5.11 Å². The Labute approximate surface area is 105 Å². The lowest BCUT2D eigenvalue weighted by Gasteiger charge is -2.61. The maximum absolute atomic E-state index is 10.6. The summed E-state index contributed by atoms with van der Waals surface area (Å²) in [7, 11) is 2.18. The molecule has 2 heterocycles. The highest BCUT2D eigenvalue weighted by atomic mass is 127. The van der Waals surface area contributed by atoms with Gasteiger partial charge in [-0.1, -0.05) is 13.8 Å². The average molecular weight is 322 g/mol. The molecular weight excluding hydrogens is 303 g/mol. The van der Waals surface area contributed by atoms with Crippen molar-refractivity contribution in [3.8, 4) is 0 Å². The van der Waals surface area contributed by atoms with Gasteiger partial charge in [0.2, 0.25) is 0 Å². The Morgan fingerprint density at radius 3 is 2.53 bits per heavy atom. The molecule has 4 heteroatoms. The molecule has 3 nitrogen and oxygen atoms in total. The lowest BCUT2D eigenvalue weighted by Crippen LogP contribution is -2.72. The van der Waals surface area contributed by atoms with Gasteiger partial charge in [0.15, 0.2) is 0 Å². The molecule has 1 spiro atoms. The Morgan fingerprint density at radius 2 is 1.93 bits per heavy atom. The first kappa shape index (κ1) is 10.7. The Kier molecular flexibility index (Phi) is 1.94. The van der Waals surface area contributed by atoms with Crippen LogP contribution in [0.15, 0.2) is 0 Å². The Balaban J connectivity index is 2.09. The third-order valence-electron chi connectivity index (χ3n) is 5.12. The summed E-state index contributed by atoms with van der Waals surface area (Å²) in [6.07, 6.45) is 1.02. The van der Waals surface area contributed by atoms with Crippen LogP contribution in [0.2, 0.25) is 0 Å². The van der Waals surface area contributed by atoms with Gasteiger partial charge in [-0.3, -0.25) is 0 Å². The molecule has 2 aliphatic heterocycles. The van der Waals surface area contributed by atoms with E-state index in [2.05, 4.69) is 51.8 Å². The van der Waals surface area contributed by atoms with Gasteiger partial charge in [-0.2, -0.15) is 0 Å². The zero-order chi connectivity index (χ0) is 11.1. The molecule has 1 saturated carbocycles. The van der Waals surface area contributed by atoms with Crippen molar-refractivity contribution in [2.45, 2.75) is 31.9 Å². The molecule has 0 aromatic carbocycles. The van der Waals surface area contributed by atoms with Crippen molar-refractivity contribution in [2.75, 3.05) is 26.7 Å².